The van der Waals surface area contributed by atoms with Crippen LogP contribution in [0.4, 0.5) is 0 Å². The van der Waals surface area contributed by atoms with E-state index in [1.54, 1.807) is 0 Å². The van der Waals surface area contributed by atoms with Gasteiger partial charge in [0.2, 0.25) is 0 Å². The molecule has 0 fully saturated rings. The molecule has 2 rings (SSSR count). The van der Waals surface area contributed by atoms with Gasteiger partial charge in [0.15, 0.2) is 0 Å². The molecule has 1 aromatic carbocycles. The molecule has 0 spiro atoms. The highest BCUT2D eigenvalue weighted by Crippen LogP contribution is 2.40. The Morgan fingerprint density at radius 3 is 1.97 bits per heavy atom. The minimum atomic E-state index is -1.79. The molecule has 0 heterocycles. The highest BCUT2D eigenvalue weighted by molar-refractivity contribution is 6.90. The molecule has 0 unspecified atom stereocenters. The van der Waals surface area contributed by atoms with Gasteiger partial charge in [-0.1, -0.05) is 96.0 Å². The first-order valence-corrected chi connectivity index (χ1v) is 13.4. The third kappa shape index (κ3) is 5.67. The second-order valence-corrected chi connectivity index (χ2v) is 14.6. The lowest BCUT2D eigenvalue weighted by Gasteiger charge is -2.38. The van der Waals surface area contributed by atoms with Crippen LogP contribution in [-0.4, -0.2) is 8.07 Å². The van der Waals surface area contributed by atoms with Crippen molar-refractivity contribution in [2.45, 2.75) is 58.2 Å². The zero-order valence-electron chi connectivity index (χ0n) is 20.0. The minimum absolute atomic E-state index is 0.101. The monoisotopic (exact) mass is 436 g/mol. The lowest BCUT2D eigenvalue weighted by atomic mass is 9.98. The van der Waals surface area contributed by atoms with Crippen molar-refractivity contribution in [1.82, 2.24) is 0 Å². The number of benzene rings is 1. The third-order valence-electron chi connectivity index (χ3n) is 6.20. The van der Waals surface area contributed by atoms with E-state index >= 15 is 0 Å². The Balaban J connectivity index is 2.45. The number of rotatable bonds is 5. The highest BCUT2D eigenvalue weighted by Gasteiger charge is 2.41. The molecule has 0 radical (unpaired) electrons. The lowest BCUT2D eigenvalue weighted by molar-refractivity contribution is 0.838. The van der Waals surface area contributed by atoms with E-state index in [4.69, 9.17) is 0 Å². The fourth-order valence-electron chi connectivity index (χ4n) is 4.58. The summed E-state index contributed by atoms with van der Waals surface area (Å²) < 4.78 is 0. The molecular weight excluding hydrogens is 404 g/mol. The van der Waals surface area contributed by atoms with E-state index in [1.165, 1.54) is 0 Å². The van der Waals surface area contributed by atoms with Crippen LogP contribution in [-0.2, 0) is 0 Å². The maximum absolute atomic E-state index is 9.44. The van der Waals surface area contributed by atoms with E-state index in [0.717, 1.165) is 16.7 Å². The van der Waals surface area contributed by atoms with Gasteiger partial charge < -0.3 is 0 Å². The Kier molecular flexibility index (Phi) is 8.84. The molecule has 1 aliphatic carbocycles. The minimum Gasteiger partial charge on any atom is -0.192 e. The molecule has 0 N–H and O–H groups in total. The summed E-state index contributed by atoms with van der Waals surface area (Å²) in [5.41, 5.74) is 9.00. The van der Waals surface area contributed by atoms with Crippen molar-refractivity contribution in [2.75, 3.05) is 0 Å². The third-order valence-corrected chi connectivity index (χ3v) is 12.5. The van der Waals surface area contributed by atoms with Crippen molar-refractivity contribution in [2.24, 2.45) is 0 Å². The van der Waals surface area contributed by atoms with Gasteiger partial charge in [-0.2, -0.15) is 10.5 Å². The first kappa shape index (κ1) is 24.9. The molecule has 1 aliphatic rings. The summed E-state index contributed by atoms with van der Waals surface area (Å²) in [7, 11) is -1.79. The fraction of sp³-hybridized carbons (Fsp3) is 0.310. The van der Waals surface area contributed by atoms with Crippen molar-refractivity contribution >= 4 is 13.6 Å². The van der Waals surface area contributed by atoms with Crippen LogP contribution in [0.25, 0.3) is 5.57 Å². The van der Waals surface area contributed by atoms with Gasteiger partial charge in [0, 0.05) is 11.1 Å². The van der Waals surface area contributed by atoms with Gasteiger partial charge in [-0.3, -0.25) is 0 Å². The summed E-state index contributed by atoms with van der Waals surface area (Å²) in [4.78, 5) is 0. The predicted molar refractivity (Wildman–Crippen MR) is 138 cm³/mol. The number of nitriles is 2. The first-order chi connectivity index (χ1) is 15.3. The summed E-state index contributed by atoms with van der Waals surface area (Å²) in [6, 6.07) is 13.6. The van der Waals surface area contributed by atoms with Gasteiger partial charge in [0.25, 0.3) is 0 Å². The van der Waals surface area contributed by atoms with Crippen LogP contribution in [0.2, 0.25) is 16.6 Å². The Morgan fingerprint density at radius 1 is 0.844 bits per heavy atom. The van der Waals surface area contributed by atoms with Crippen LogP contribution in [0.3, 0.4) is 0 Å². The zero-order chi connectivity index (χ0) is 23.7. The normalized spacial score (nSPS) is 14.5. The maximum Gasteiger partial charge on any atom is 0.146 e. The molecule has 32 heavy (non-hydrogen) atoms. The molecule has 0 atom stereocenters. The van der Waals surface area contributed by atoms with Crippen molar-refractivity contribution in [1.29, 1.82) is 10.5 Å². The van der Waals surface area contributed by atoms with Crippen molar-refractivity contribution < 1.29 is 0 Å². The molecule has 0 saturated heterocycles. The van der Waals surface area contributed by atoms with Crippen LogP contribution in [0, 0.1) is 34.1 Å². The Morgan fingerprint density at radius 2 is 1.44 bits per heavy atom. The molecule has 1 aromatic rings. The molecule has 0 saturated carbocycles. The van der Waals surface area contributed by atoms with E-state index in [0.29, 0.717) is 22.2 Å². The molecule has 0 amide bonds. The second-order valence-electron chi connectivity index (χ2n) is 8.98. The average Bonchev–Trinajstić information content (AvgIpc) is 2.99. The number of hydrogen-bond donors (Lipinski definition) is 0. The summed E-state index contributed by atoms with van der Waals surface area (Å²) in [6.45, 7) is 13.9. The summed E-state index contributed by atoms with van der Waals surface area (Å²) in [5.74, 6) is 3.49. The quantitative estimate of drug-likeness (QED) is 0.270. The molecule has 2 nitrogen and oxygen atoms in total. The molecular formula is C29H32N2Si. The van der Waals surface area contributed by atoms with E-state index in [2.05, 4.69) is 53.0 Å². The van der Waals surface area contributed by atoms with Gasteiger partial charge >= 0.3 is 0 Å². The van der Waals surface area contributed by atoms with Gasteiger partial charge in [-0.15, -0.1) is 5.54 Å². The van der Waals surface area contributed by atoms with Crippen LogP contribution >= 0.6 is 0 Å². The van der Waals surface area contributed by atoms with Gasteiger partial charge in [0.1, 0.15) is 25.8 Å². The molecule has 0 bridgehead atoms. The fourth-order valence-corrected chi connectivity index (χ4v) is 9.81. The summed E-state index contributed by atoms with van der Waals surface area (Å²) in [6.07, 6.45) is 11.9. The summed E-state index contributed by atoms with van der Waals surface area (Å²) in [5, 5.41) is 18.9. The van der Waals surface area contributed by atoms with Crippen molar-refractivity contribution in [3.05, 3.63) is 89.1 Å². The highest BCUT2D eigenvalue weighted by atomic mass is 28.3. The molecule has 162 valence electrons. The van der Waals surface area contributed by atoms with Gasteiger partial charge in [-0.25, -0.2) is 0 Å². The molecule has 0 aromatic heterocycles. The van der Waals surface area contributed by atoms with Crippen LogP contribution in [0.5, 0.6) is 0 Å². The smallest absolute Gasteiger partial charge is 0.146 e. The molecule has 0 aliphatic heterocycles. The molecule has 3 heteroatoms. The largest absolute Gasteiger partial charge is 0.192 e. The van der Waals surface area contributed by atoms with Gasteiger partial charge in [0.05, 0.1) is 0 Å². The topological polar surface area (TPSA) is 47.6 Å². The van der Waals surface area contributed by atoms with Crippen LogP contribution < -0.4 is 0 Å². The van der Waals surface area contributed by atoms with Gasteiger partial charge in [-0.05, 0) is 46.0 Å². The second kappa shape index (κ2) is 11.3. The van der Waals surface area contributed by atoms with Crippen LogP contribution in [0.15, 0.2) is 83.5 Å². The average molecular weight is 437 g/mol. The van der Waals surface area contributed by atoms with E-state index < -0.39 is 8.07 Å². The Labute approximate surface area is 195 Å². The number of nitrogens with zero attached hydrogens (tertiary/aromatic N) is 2. The summed E-state index contributed by atoms with van der Waals surface area (Å²) >= 11 is 0. The number of allylic oxidation sites excluding steroid dienone is 10. The van der Waals surface area contributed by atoms with E-state index in [1.807, 2.05) is 78.9 Å². The Bertz CT molecular complexity index is 1080. The zero-order valence-corrected chi connectivity index (χ0v) is 21.0. The van der Waals surface area contributed by atoms with E-state index in [-0.39, 0.29) is 5.57 Å². The number of hydrogen-bond acceptors (Lipinski definition) is 2. The Hall–Kier alpha value is -3.32. The SMILES string of the molecule is CC(C)[Si](C#CC1=CC=C/C(=C/C(=C(C#N)C#N)c2ccccc2)C=C1)(C(C)C)C(C)C. The van der Waals surface area contributed by atoms with Crippen molar-refractivity contribution in [3.8, 4) is 23.6 Å². The predicted octanol–water partition coefficient (Wildman–Crippen LogP) is 7.69. The first-order valence-electron chi connectivity index (χ1n) is 11.2. The maximum atomic E-state index is 9.44. The van der Waals surface area contributed by atoms with E-state index in [9.17, 15) is 10.5 Å². The lowest BCUT2D eigenvalue weighted by Crippen LogP contribution is -2.43. The van der Waals surface area contributed by atoms with Crippen molar-refractivity contribution in [3.63, 3.8) is 0 Å². The standard InChI is InChI=1S/C29H32N2Si/c1-22(2)32(23(3)4,24(5)6)18-17-25-11-10-12-26(16-15-25)19-29(28(20-30)21-31)27-13-8-7-9-14-27/h7-16,19,22-24H,1-6H3/b26-19-. The van der Waals surface area contributed by atoms with Crippen LogP contribution in [0.1, 0.15) is 47.1 Å².